The lowest BCUT2D eigenvalue weighted by Crippen LogP contribution is -2.36. The van der Waals surface area contributed by atoms with Gasteiger partial charge in [0.2, 0.25) is 5.91 Å². The molecule has 0 N–H and O–H groups in total. The minimum atomic E-state index is 0.136. The first-order valence-corrected chi connectivity index (χ1v) is 11.8. The molecule has 0 radical (unpaired) electrons. The molecule has 0 bridgehead atoms. The molecule has 5 heterocycles. The third-order valence-corrected chi connectivity index (χ3v) is 6.52. The van der Waals surface area contributed by atoms with Crippen LogP contribution in [0.1, 0.15) is 68.6 Å². The van der Waals surface area contributed by atoms with Crippen LogP contribution < -0.4 is 4.90 Å². The van der Waals surface area contributed by atoms with Crippen molar-refractivity contribution in [1.29, 1.82) is 0 Å². The number of carbonyl (C=O) groups is 1. The van der Waals surface area contributed by atoms with E-state index in [4.69, 9.17) is 9.84 Å². The molecule has 31 heavy (non-hydrogen) atoms. The molecule has 7 heteroatoms. The fourth-order valence-electron chi connectivity index (χ4n) is 4.97. The molecule has 3 aliphatic heterocycles. The van der Waals surface area contributed by atoms with Crippen molar-refractivity contribution in [3.05, 3.63) is 34.8 Å². The summed E-state index contributed by atoms with van der Waals surface area (Å²) in [6.07, 6.45) is 7.05. The van der Waals surface area contributed by atoms with E-state index in [1.54, 1.807) is 6.92 Å². The van der Waals surface area contributed by atoms with Crippen molar-refractivity contribution in [3.8, 4) is 0 Å². The van der Waals surface area contributed by atoms with Crippen molar-refractivity contribution in [2.24, 2.45) is 0 Å². The smallest absolute Gasteiger partial charge is 0.219 e. The van der Waals surface area contributed by atoms with Crippen molar-refractivity contribution in [3.63, 3.8) is 0 Å². The molecule has 0 saturated carbocycles. The van der Waals surface area contributed by atoms with Crippen LogP contribution in [-0.2, 0) is 28.9 Å². The van der Waals surface area contributed by atoms with Crippen LogP contribution in [0, 0.1) is 6.92 Å². The average molecular weight is 426 g/mol. The molecule has 5 rings (SSSR count). The Labute approximate surface area is 185 Å². The van der Waals surface area contributed by atoms with Crippen LogP contribution in [0.25, 0.3) is 0 Å². The standard InChI is InChI=1S/C22H29N5O2.C2H6/c1-15-12-17-4-3-8-26(21(17)13-23-15)22-19-14-25(16(2)28)9-5-20(19)27(24-22)18-6-10-29-11-7-18;1-2/h12-13,18H,3-11,14H2,1-2H3;1-2H3. The lowest BCUT2D eigenvalue weighted by Gasteiger charge is -2.32. The summed E-state index contributed by atoms with van der Waals surface area (Å²) in [4.78, 5) is 20.9. The van der Waals surface area contributed by atoms with E-state index in [2.05, 4.69) is 20.6 Å². The fraction of sp³-hybridized carbons (Fsp3) is 0.625. The second-order valence-corrected chi connectivity index (χ2v) is 8.44. The number of rotatable bonds is 2. The molecule has 0 unspecified atom stereocenters. The zero-order valence-electron chi connectivity index (χ0n) is 19.4. The Morgan fingerprint density at radius 3 is 2.68 bits per heavy atom. The first-order chi connectivity index (χ1) is 15.1. The lowest BCUT2D eigenvalue weighted by atomic mass is 10.0. The second kappa shape index (κ2) is 9.39. The molecule has 0 aliphatic carbocycles. The van der Waals surface area contributed by atoms with Crippen LogP contribution in [0.4, 0.5) is 11.5 Å². The highest BCUT2D eigenvalue weighted by molar-refractivity contribution is 5.75. The number of fused-ring (bicyclic) bond motifs is 2. The Bertz CT molecular complexity index is 932. The molecule has 1 amide bonds. The zero-order chi connectivity index (χ0) is 22.0. The summed E-state index contributed by atoms with van der Waals surface area (Å²) < 4.78 is 7.85. The maximum Gasteiger partial charge on any atom is 0.219 e. The number of hydrogen-bond acceptors (Lipinski definition) is 5. The van der Waals surface area contributed by atoms with E-state index < -0.39 is 0 Å². The topological polar surface area (TPSA) is 63.5 Å². The van der Waals surface area contributed by atoms with E-state index in [-0.39, 0.29) is 5.91 Å². The van der Waals surface area contributed by atoms with Gasteiger partial charge in [-0.15, -0.1) is 0 Å². The number of nitrogens with zero attached hydrogens (tertiary/aromatic N) is 5. The summed E-state index contributed by atoms with van der Waals surface area (Å²) in [5.74, 6) is 1.15. The van der Waals surface area contributed by atoms with Crippen LogP contribution >= 0.6 is 0 Å². The third-order valence-electron chi connectivity index (χ3n) is 6.52. The largest absolute Gasteiger partial charge is 0.381 e. The van der Waals surface area contributed by atoms with Crippen molar-refractivity contribution in [2.75, 3.05) is 31.2 Å². The van der Waals surface area contributed by atoms with Crippen molar-refractivity contribution in [2.45, 2.75) is 72.4 Å². The Morgan fingerprint density at radius 2 is 1.94 bits per heavy atom. The van der Waals surface area contributed by atoms with Gasteiger partial charge in [0.15, 0.2) is 5.82 Å². The predicted octanol–water partition coefficient (Wildman–Crippen LogP) is 3.95. The zero-order valence-corrected chi connectivity index (χ0v) is 19.4. The van der Waals surface area contributed by atoms with Gasteiger partial charge in [0.05, 0.1) is 24.5 Å². The van der Waals surface area contributed by atoms with Crippen LogP contribution in [-0.4, -0.2) is 51.9 Å². The summed E-state index contributed by atoms with van der Waals surface area (Å²) in [7, 11) is 0. The minimum Gasteiger partial charge on any atom is -0.381 e. The van der Waals surface area contributed by atoms with Crippen molar-refractivity contribution in [1.82, 2.24) is 19.7 Å². The van der Waals surface area contributed by atoms with E-state index in [0.717, 1.165) is 69.9 Å². The Balaban J connectivity index is 0.00000112. The molecule has 0 atom stereocenters. The van der Waals surface area contributed by atoms with Gasteiger partial charge in [-0.3, -0.25) is 14.5 Å². The molecule has 0 spiro atoms. The van der Waals surface area contributed by atoms with E-state index >= 15 is 0 Å². The van der Waals surface area contributed by atoms with Gasteiger partial charge in [-0.1, -0.05) is 13.8 Å². The number of aryl methyl sites for hydroxylation is 2. The first-order valence-electron chi connectivity index (χ1n) is 11.8. The van der Waals surface area contributed by atoms with E-state index in [1.807, 2.05) is 31.9 Å². The monoisotopic (exact) mass is 425 g/mol. The summed E-state index contributed by atoms with van der Waals surface area (Å²) in [6, 6.07) is 2.58. The van der Waals surface area contributed by atoms with E-state index in [1.165, 1.54) is 22.5 Å². The van der Waals surface area contributed by atoms with Crippen LogP contribution in [0.5, 0.6) is 0 Å². The van der Waals surface area contributed by atoms with E-state index in [0.29, 0.717) is 12.6 Å². The molecule has 3 aliphatic rings. The maximum atomic E-state index is 12.1. The number of anilines is 2. The third kappa shape index (κ3) is 4.20. The van der Waals surface area contributed by atoms with Gasteiger partial charge in [0.25, 0.3) is 0 Å². The lowest BCUT2D eigenvalue weighted by molar-refractivity contribution is -0.129. The molecule has 0 aromatic carbocycles. The number of carbonyl (C=O) groups excluding carboxylic acids is 1. The molecule has 2 aromatic rings. The second-order valence-electron chi connectivity index (χ2n) is 8.44. The summed E-state index contributed by atoms with van der Waals surface area (Å²) in [5, 5.41) is 5.18. The first kappa shape index (κ1) is 21.8. The van der Waals surface area contributed by atoms with Gasteiger partial charge in [0, 0.05) is 56.6 Å². The van der Waals surface area contributed by atoms with Gasteiger partial charge >= 0.3 is 0 Å². The van der Waals surface area contributed by atoms with Gasteiger partial charge < -0.3 is 14.5 Å². The van der Waals surface area contributed by atoms with Crippen molar-refractivity contribution < 1.29 is 9.53 Å². The molecule has 7 nitrogen and oxygen atoms in total. The Hall–Kier alpha value is -2.41. The molecular weight excluding hydrogens is 390 g/mol. The highest BCUT2D eigenvalue weighted by Crippen LogP contribution is 2.39. The van der Waals surface area contributed by atoms with Gasteiger partial charge in [-0.05, 0) is 44.2 Å². The fourth-order valence-corrected chi connectivity index (χ4v) is 4.97. The highest BCUT2D eigenvalue weighted by Gasteiger charge is 2.33. The van der Waals surface area contributed by atoms with Crippen LogP contribution in [0.15, 0.2) is 12.3 Å². The Kier molecular flexibility index (Phi) is 6.60. The molecule has 1 saturated heterocycles. The highest BCUT2D eigenvalue weighted by atomic mass is 16.5. The minimum absolute atomic E-state index is 0.136. The predicted molar refractivity (Wildman–Crippen MR) is 122 cm³/mol. The quantitative estimate of drug-likeness (QED) is 0.729. The molecule has 168 valence electrons. The average Bonchev–Trinajstić information content (AvgIpc) is 3.19. The SMILES string of the molecule is CC.CC(=O)N1CCc2c(c(N3CCCc4cc(C)ncc43)nn2C2CCOCC2)C1. The molecular formula is C24H35N5O2. The maximum absolute atomic E-state index is 12.1. The summed E-state index contributed by atoms with van der Waals surface area (Å²) >= 11 is 0. The van der Waals surface area contributed by atoms with E-state index in [9.17, 15) is 4.79 Å². The normalized spacial score (nSPS) is 18.7. The van der Waals surface area contributed by atoms with Crippen LogP contribution in [0.2, 0.25) is 0 Å². The number of hydrogen-bond donors (Lipinski definition) is 0. The number of pyridine rings is 1. The summed E-state index contributed by atoms with van der Waals surface area (Å²) in [6.45, 7) is 11.7. The number of aromatic nitrogens is 3. The van der Waals surface area contributed by atoms with Gasteiger partial charge in [0.1, 0.15) is 0 Å². The number of amides is 1. The molecule has 1 fully saturated rings. The molecule has 2 aromatic heterocycles. The number of ether oxygens (including phenoxy) is 1. The van der Waals surface area contributed by atoms with Gasteiger partial charge in [-0.25, -0.2) is 0 Å². The Morgan fingerprint density at radius 1 is 1.16 bits per heavy atom. The van der Waals surface area contributed by atoms with Crippen molar-refractivity contribution >= 4 is 17.4 Å². The van der Waals surface area contributed by atoms with Gasteiger partial charge in [-0.2, -0.15) is 5.10 Å². The summed E-state index contributed by atoms with van der Waals surface area (Å²) in [5.41, 5.74) is 6.09. The van der Waals surface area contributed by atoms with Crippen LogP contribution in [0.3, 0.4) is 0 Å².